The van der Waals surface area contributed by atoms with Crippen LogP contribution in [0, 0.1) is 0 Å². The second-order valence-electron chi connectivity index (χ2n) is 5.48. The molecule has 0 amide bonds. The van der Waals surface area contributed by atoms with Crippen molar-refractivity contribution in [2.24, 2.45) is 0 Å². The molecule has 2 aromatic rings. The lowest BCUT2D eigenvalue weighted by molar-refractivity contribution is 0.247. The molecule has 2 rings (SSSR count). The summed E-state index contributed by atoms with van der Waals surface area (Å²) in [4.78, 5) is 0. The van der Waals surface area contributed by atoms with Crippen molar-refractivity contribution >= 4 is 46.4 Å². The van der Waals surface area contributed by atoms with E-state index in [9.17, 15) is 0 Å². The normalized spacial score (nSPS) is 10.3. The SMILES string of the molecule is CCOc1ccc(OCCCOc2c(Cl)cc(OCC=C(Cl)Cl)cc2Cl)cc1. The van der Waals surface area contributed by atoms with E-state index in [-0.39, 0.29) is 11.1 Å². The fraction of sp³-hybridized carbons (Fsp3) is 0.300. The molecule has 0 N–H and O–H groups in total. The third kappa shape index (κ3) is 7.88. The summed E-state index contributed by atoms with van der Waals surface area (Å²) in [6.07, 6.45) is 2.18. The molecule has 2 aromatic carbocycles. The highest BCUT2D eigenvalue weighted by Gasteiger charge is 2.10. The molecule has 0 atom stereocenters. The van der Waals surface area contributed by atoms with Gasteiger partial charge in [0.05, 0.1) is 29.9 Å². The van der Waals surface area contributed by atoms with Crippen molar-refractivity contribution in [2.45, 2.75) is 13.3 Å². The fourth-order valence-electron chi connectivity index (χ4n) is 2.18. The van der Waals surface area contributed by atoms with Gasteiger partial charge in [0.25, 0.3) is 0 Å². The Morgan fingerprint density at radius 1 is 0.821 bits per heavy atom. The van der Waals surface area contributed by atoms with E-state index in [0.717, 1.165) is 11.5 Å². The first-order valence-electron chi connectivity index (χ1n) is 8.61. The monoisotopic (exact) mass is 464 g/mol. The molecule has 0 bridgehead atoms. The first-order chi connectivity index (χ1) is 13.5. The van der Waals surface area contributed by atoms with Gasteiger partial charge in [0.1, 0.15) is 28.3 Å². The van der Waals surface area contributed by atoms with Gasteiger partial charge in [0.15, 0.2) is 5.75 Å². The summed E-state index contributed by atoms with van der Waals surface area (Å²) in [6, 6.07) is 10.7. The van der Waals surface area contributed by atoms with Crippen molar-refractivity contribution in [1.82, 2.24) is 0 Å². The Kier molecular flexibility index (Phi) is 9.93. The zero-order valence-electron chi connectivity index (χ0n) is 15.2. The fourth-order valence-corrected chi connectivity index (χ4v) is 2.88. The molecule has 0 aliphatic heterocycles. The Labute approximate surface area is 184 Å². The molecule has 0 saturated carbocycles. The summed E-state index contributed by atoms with van der Waals surface area (Å²) in [5.41, 5.74) is 0. The van der Waals surface area contributed by atoms with E-state index in [1.807, 2.05) is 31.2 Å². The van der Waals surface area contributed by atoms with Gasteiger partial charge in [0, 0.05) is 18.6 Å². The first kappa shape index (κ1) is 22.8. The molecule has 0 radical (unpaired) electrons. The van der Waals surface area contributed by atoms with E-state index in [4.69, 9.17) is 65.4 Å². The van der Waals surface area contributed by atoms with Crippen LogP contribution in [0.15, 0.2) is 47.0 Å². The lowest BCUT2D eigenvalue weighted by atomic mass is 10.3. The molecule has 0 saturated heterocycles. The lowest BCUT2D eigenvalue weighted by Gasteiger charge is -2.12. The van der Waals surface area contributed by atoms with Crippen LogP contribution in [0.2, 0.25) is 10.0 Å². The Balaban J connectivity index is 1.77. The number of hydrogen-bond acceptors (Lipinski definition) is 4. The topological polar surface area (TPSA) is 36.9 Å². The van der Waals surface area contributed by atoms with Crippen LogP contribution in [0.25, 0.3) is 0 Å². The third-order valence-corrected chi connectivity index (χ3v) is 4.27. The van der Waals surface area contributed by atoms with E-state index < -0.39 is 0 Å². The maximum absolute atomic E-state index is 6.23. The Hall–Kier alpha value is -1.46. The number of halogens is 4. The Bertz CT molecular complexity index is 751. The second kappa shape index (κ2) is 12.2. The average molecular weight is 466 g/mol. The van der Waals surface area contributed by atoms with Crippen LogP contribution >= 0.6 is 46.4 Å². The largest absolute Gasteiger partial charge is 0.494 e. The molecule has 0 fully saturated rings. The summed E-state index contributed by atoms with van der Waals surface area (Å²) >= 11 is 23.5. The number of ether oxygens (including phenoxy) is 4. The van der Waals surface area contributed by atoms with Gasteiger partial charge in [-0.1, -0.05) is 46.4 Å². The summed E-state index contributed by atoms with van der Waals surface area (Å²) in [5.74, 6) is 2.48. The number of hydrogen-bond donors (Lipinski definition) is 0. The van der Waals surface area contributed by atoms with E-state index >= 15 is 0 Å². The second-order valence-corrected chi connectivity index (χ2v) is 7.30. The predicted molar refractivity (Wildman–Crippen MR) is 115 cm³/mol. The van der Waals surface area contributed by atoms with Crippen LogP contribution < -0.4 is 18.9 Å². The van der Waals surface area contributed by atoms with Gasteiger partial charge >= 0.3 is 0 Å². The van der Waals surface area contributed by atoms with Crippen LogP contribution in [-0.2, 0) is 0 Å². The van der Waals surface area contributed by atoms with Gasteiger partial charge < -0.3 is 18.9 Å². The van der Waals surface area contributed by atoms with Crippen LogP contribution in [0.5, 0.6) is 23.0 Å². The van der Waals surface area contributed by atoms with Gasteiger partial charge in [-0.05, 0) is 37.3 Å². The summed E-state index contributed by atoms with van der Waals surface area (Å²) in [5, 5.41) is 0.715. The van der Waals surface area contributed by atoms with Crippen molar-refractivity contribution in [2.75, 3.05) is 26.4 Å². The highest BCUT2D eigenvalue weighted by Crippen LogP contribution is 2.37. The molecule has 0 unspecified atom stereocenters. The zero-order valence-corrected chi connectivity index (χ0v) is 18.2. The van der Waals surface area contributed by atoms with Crippen molar-refractivity contribution in [1.29, 1.82) is 0 Å². The zero-order chi connectivity index (χ0) is 20.4. The Morgan fingerprint density at radius 2 is 1.39 bits per heavy atom. The highest BCUT2D eigenvalue weighted by atomic mass is 35.5. The quantitative estimate of drug-likeness (QED) is 0.337. The molecule has 0 aromatic heterocycles. The average Bonchev–Trinajstić information content (AvgIpc) is 2.64. The minimum atomic E-state index is 0.129. The first-order valence-corrected chi connectivity index (χ1v) is 10.1. The minimum absolute atomic E-state index is 0.129. The smallest absolute Gasteiger partial charge is 0.156 e. The molecule has 28 heavy (non-hydrogen) atoms. The van der Waals surface area contributed by atoms with Crippen molar-refractivity contribution in [3.05, 3.63) is 57.0 Å². The standard InChI is InChI=1S/C20H20Cl4O4/c1-2-25-14-4-6-15(7-5-14)26-9-3-10-28-20-17(21)12-16(13-18(20)22)27-11-8-19(23)24/h4-8,12-13H,2-3,9-11H2,1H3. The van der Waals surface area contributed by atoms with Gasteiger partial charge in [-0.3, -0.25) is 0 Å². The van der Waals surface area contributed by atoms with Gasteiger partial charge in [-0.25, -0.2) is 0 Å². The van der Waals surface area contributed by atoms with Crippen molar-refractivity contribution < 1.29 is 18.9 Å². The molecular weight excluding hydrogens is 446 g/mol. The van der Waals surface area contributed by atoms with E-state index in [0.29, 0.717) is 47.8 Å². The highest BCUT2D eigenvalue weighted by molar-refractivity contribution is 6.55. The van der Waals surface area contributed by atoms with E-state index in [2.05, 4.69) is 0 Å². The lowest BCUT2D eigenvalue weighted by Crippen LogP contribution is -2.05. The molecule has 0 aliphatic rings. The van der Waals surface area contributed by atoms with E-state index in [1.165, 1.54) is 6.08 Å². The third-order valence-electron chi connectivity index (χ3n) is 3.40. The van der Waals surface area contributed by atoms with Crippen LogP contribution in [0.1, 0.15) is 13.3 Å². The van der Waals surface area contributed by atoms with Crippen molar-refractivity contribution in [3.8, 4) is 23.0 Å². The molecule has 8 heteroatoms. The van der Waals surface area contributed by atoms with Crippen LogP contribution in [0.3, 0.4) is 0 Å². The van der Waals surface area contributed by atoms with Gasteiger partial charge in [-0.2, -0.15) is 0 Å². The maximum atomic E-state index is 6.23. The van der Waals surface area contributed by atoms with Gasteiger partial charge in [-0.15, -0.1) is 0 Å². The number of rotatable bonds is 11. The van der Waals surface area contributed by atoms with E-state index in [1.54, 1.807) is 12.1 Å². The Morgan fingerprint density at radius 3 is 1.96 bits per heavy atom. The maximum Gasteiger partial charge on any atom is 0.156 e. The summed E-state index contributed by atoms with van der Waals surface area (Å²) in [7, 11) is 0. The number of benzene rings is 2. The minimum Gasteiger partial charge on any atom is -0.494 e. The van der Waals surface area contributed by atoms with Crippen LogP contribution in [-0.4, -0.2) is 26.4 Å². The van der Waals surface area contributed by atoms with Crippen molar-refractivity contribution in [3.63, 3.8) is 0 Å². The molecule has 0 aliphatic carbocycles. The summed E-state index contributed by atoms with van der Waals surface area (Å²) in [6.45, 7) is 3.68. The molecule has 0 spiro atoms. The van der Waals surface area contributed by atoms with Gasteiger partial charge in [0.2, 0.25) is 0 Å². The molecule has 0 heterocycles. The summed E-state index contributed by atoms with van der Waals surface area (Å²) < 4.78 is 22.3. The van der Waals surface area contributed by atoms with Crippen LogP contribution in [0.4, 0.5) is 0 Å². The molecule has 152 valence electrons. The molecular formula is C20H20Cl4O4. The molecule has 4 nitrogen and oxygen atoms in total. The predicted octanol–water partition coefficient (Wildman–Crippen LogP) is 6.94.